The van der Waals surface area contributed by atoms with Gasteiger partial charge in [-0.2, -0.15) is 4.58 Å². The normalized spacial score (nSPS) is 18.0. The summed E-state index contributed by atoms with van der Waals surface area (Å²) in [5, 5.41) is 0. The largest absolute Gasteiger partial charge is 0.383 e. The molecular weight excluding hydrogens is 548 g/mol. The summed E-state index contributed by atoms with van der Waals surface area (Å²) >= 11 is 0. The van der Waals surface area contributed by atoms with Gasteiger partial charge < -0.3 is 16.4 Å². The molecular formula is C35H37N8O+. The van der Waals surface area contributed by atoms with Crippen LogP contribution in [0.15, 0.2) is 79.0 Å². The molecule has 9 nitrogen and oxygen atoms in total. The molecule has 4 N–H and O–H groups in total. The van der Waals surface area contributed by atoms with E-state index in [1.807, 2.05) is 37.5 Å². The van der Waals surface area contributed by atoms with Gasteiger partial charge >= 0.3 is 5.91 Å². The third-order valence-electron chi connectivity index (χ3n) is 9.19. The fraction of sp³-hybridized carbons (Fsp3) is 0.286. The Balaban J connectivity index is 1.28. The van der Waals surface area contributed by atoms with Crippen molar-refractivity contribution >= 4 is 34.8 Å². The summed E-state index contributed by atoms with van der Waals surface area (Å²) in [5.41, 5.74) is 20.1. The van der Waals surface area contributed by atoms with Crippen LogP contribution in [0.25, 0.3) is 39.5 Å². The number of nitrogens with zero attached hydrogens (tertiary/aromatic N) is 6. The summed E-state index contributed by atoms with van der Waals surface area (Å²) < 4.78 is 3.76. The first-order valence-corrected chi connectivity index (χ1v) is 15.2. The molecule has 5 aromatic rings. The van der Waals surface area contributed by atoms with Crippen LogP contribution in [0.3, 0.4) is 0 Å². The van der Waals surface area contributed by atoms with E-state index < -0.39 is 0 Å². The van der Waals surface area contributed by atoms with E-state index in [2.05, 4.69) is 63.0 Å². The predicted molar refractivity (Wildman–Crippen MR) is 175 cm³/mol. The highest BCUT2D eigenvalue weighted by Gasteiger charge is 2.34. The summed E-state index contributed by atoms with van der Waals surface area (Å²) in [4.78, 5) is 28.6. The molecule has 2 fully saturated rings. The lowest BCUT2D eigenvalue weighted by atomic mass is 9.73. The van der Waals surface area contributed by atoms with E-state index in [0.29, 0.717) is 17.6 Å². The molecule has 7 rings (SSSR count). The standard InChI is InChI=1S/C35H37N8O/c1-23(44)41(2)21-24-15-19-42(22-24)28-7-3-6-25(20-28)30-13-14-31-34(39-30)43(33(40-31)29-8-4-18-38-32(29)36)27-11-9-26(10-12-27)35(37)16-5-17-35/h3-4,6-14,18,20-21,24H,5,15-17,19,22,37H2,1-2H3,(H2,36,38)/q+1/b41-21-. The summed E-state index contributed by atoms with van der Waals surface area (Å²) in [5.74, 6) is 1.50. The number of carbonyl (C=O) groups excluding carboxylic acids is 1. The molecule has 1 saturated heterocycles. The van der Waals surface area contributed by atoms with E-state index in [4.69, 9.17) is 21.4 Å². The van der Waals surface area contributed by atoms with Gasteiger partial charge in [0.05, 0.1) is 24.1 Å². The van der Waals surface area contributed by atoms with E-state index in [1.54, 1.807) is 17.7 Å². The fourth-order valence-corrected chi connectivity index (χ4v) is 6.37. The van der Waals surface area contributed by atoms with Crippen molar-refractivity contribution in [2.24, 2.45) is 11.7 Å². The van der Waals surface area contributed by atoms with Gasteiger partial charge in [0.1, 0.15) is 18.4 Å². The third kappa shape index (κ3) is 5.03. The van der Waals surface area contributed by atoms with Gasteiger partial charge in [0.25, 0.3) is 0 Å². The Morgan fingerprint density at radius 1 is 1.02 bits per heavy atom. The van der Waals surface area contributed by atoms with Crippen LogP contribution < -0.4 is 16.4 Å². The van der Waals surface area contributed by atoms with Crippen LogP contribution in [0.1, 0.15) is 38.2 Å². The Kier molecular flexibility index (Phi) is 6.97. The molecule has 0 spiro atoms. The van der Waals surface area contributed by atoms with Crippen molar-refractivity contribution in [1.29, 1.82) is 0 Å². The minimum atomic E-state index is -0.237. The fourth-order valence-electron chi connectivity index (χ4n) is 6.37. The second kappa shape index (κ2) is 11.0. The SMILES string of the molecule is CC(=O)/[N+](C)=C\C1CCN(c2cccc(-c3ccc4nc(-c5cccnc5N)n(-c5ccc(C6(N)CCC6)cc5)c4n3)c2)C1. The zero-order valence-electron chi connectivity index (χ0n) is 25.1. The third-order valence-corrected chi connectivity index (χ3v) is 9.19. The van der Waals surface area contributed by atoms with E-state index >= 15 is 0 Å². The lowest BCUT2D eigenvalue weighted by Gasteiger charge is -2.38. The van der Waals surface area contributed by atoms with Crippen LogP contribution in [0.2, 0.25) is 0 Å². The number of pyridine rings is 2. The van der Waals surface area contributed by atoms with Crippen LogP contribution in [0, 0.1) is 5.92 Å². The number of imidazole rings is 1. The molecule has 9 heteroatoms. The Bertz CT molecular complexity index is 1900. The van der Waals surface area contributed by atoms with Crippen LogP contribution in [-0.2, 0) is 10.3 Å². The molecule has 1 unspecified atom stereocenters. The molecule has 1 saturated carbocycles. The van der Waals surface area contributed by atoms with E-state index in [1.165, 1.54) is 0 Å². The van der Waals surface area contributed by atoms with Crippen molar-refractivity contribution in [2.75, 3.05) is 30.8 Å². The first-order chi connectivity index (χ1) is 21.3. The second-order valence-electron chi connectivity index (χ2n) is 12.1. The van der Waals surface area contributed by atoms with Crippen molar-refractivity contribution in [3.05, 3.63) is 84.6 Å². The van der Waals surface area contributed by atoms with Crippen LogP contribution >= 0.6 is 0 Å². The average Bonchev–Trinajstić information content (AvgIpc) is 3.65. The highest BCUT2D eigenvalue weighted by Crippen LogP contribution is 2.39. The number of carbonyl (C=O) groups is 1. The van der Waals surface area contributed by atoms with Crippen molar-refractivity contribution < 1.29 is 9.37 Å². The highest BCUT2D eigenvalue weighted by molar-refractivity contribution is 5.85. The lowest BCUT2D eigenvalue weighted by molar-refractivity contribution is -0.414. The van der Waals surface area contributed by atoms with Crippen LogP contribution in [0.5, 0.6) is 0 Å². The number of nitrogens with two attached hydrogens (primary N) is 2. The molecule has 0 bridgehead atoms. The van der Waals surface area contributed by atoms with Crippen molar-refractivity contribution in [2.45, 2.75) is 38.1 Å². The molecule has 222 valence electrons. The maximum Gasteiger partial charge on any atom is 0.383 e. The Morgan fingerprint density at radius 2 is 1.84 bits per heavy atom. The average molecular weight is 586 g/mol. The first kappa shape index (κ1) is 27.9. The molecule has 1 amide bonds. The topological polar surface area (TPSA) is 119 Å². The number of nitrogen functional groups attached to an aromatic ring is 1. The van der Waals surface area contributed by atoms with Crippen molar-refractivity contribution in [1.82, 2.24) is 19.5 Å². The maximum absolute atomic E-state index is 11.7. The molecule has 2 aromatic carbocycles. The molecule has 1 aliphatic carbocycles. The minimum Gasteiger partial charge on any atom is -0.383 e. The predicted octanol–water partition coefficient (Wildman–Crippen LogP) is 5.16. The number of anilines is 2. The minimum absolute atomic E-state index is 0.0538. The Hall–Kier alpha value is -4.89. The molecule has 44 heavy (non-hydrogen) atoms. The summed E-state index contributed by atoms with van der Waals surface area (Å²) in [6.07, 6.45) is 7.92. The number of hydrogen-bond acceptors (Lipinski definition) is 7. The zero-order chi connectivity index (χ0) is 30.4. The summed E-state index contributed by atoms with van der Waals surface area (Å²) in [6.45, 7) is 3.40. The van der Waals surface area contributed by atoms with E-state index in [0.717, 1.165) is 83.7 Å². The second-order valence-corrected chi connectivity index (χ2v) is 12.1. The smallest absolute Gasteiger partial charge is 0.383 e. The number of hydrogen-bond donors (Lipinski definition) is 2. The van der Waals surface area contributed by atoms with Crippen LogP contribution in [-0.4, -0.2) is 56.4 Å². The van der Waals surface area contributed by atoms with Crippen molar-refractivity contribution in [3.63, 3.8) is 0 Å². The molecule has 0 radical (unpaired) electrons. The van der Waals surface area contributed by atoms with Gasteiger partial charge in [-0.15, -0.1) is 0 Å². The first-order valence-electron chi connectivity index (χ1n) is 15.2. The van der Waals surface area contributed by atoms with Gasteiger partial charge in [-0.05, 0) is 79.8 Å². The molecule has 2 aliphatic rings. The maximum atomic E-state index is 11.7. The zero-order valence-corrected chi connectivity index (χ0v) is 25.1. The van der Waals surface area contributed by atoms with E-state index in [-0.39, 0.29) is 11.4 Å². The molecule has 1 aliphatic heterocycles. The quantitative estimate of drug-likeness (QED) is 0.209. The molecule has 1 atom stereocenters. The molecule has 3 aromatic heterocycles. The summed E-state index contributed by atoms with van der Waals surface area (Å²) in [7, 11) is 1.82. The van der Waals surface area contributed by atoms with Gasteiger partial charge in [0.15, 0.2) is 17.7 Å². The van der Waals surface area contributed by atoms with Gasteiger partial charge in [0.2, 0.25) is 0 Å². The van der Waals surface area contributed by atoms with E-state index in [9.17, 15) is 4.79 Å². The van der Waals surface area contributed by atoms with Crippen LogP contribution in [0.4, 0.5) is 11.5 Å². The van der Waals surface area contributed by atoms with Gasteiger partial charge in [-0.3, -0.25) is 4.57 Å². The van der Waals surface area contributed by atoms with Crippen molar-refractivity contribution in [3.8, 4) is 28.3 Å². The number of fused-ring (bicyclic) bond motifs is 1. The van der Waals surface area contributed by atoms with Gasteiger partial charge in [-0.25, -0.2) is 19.7 Å². The Labute approximate surface area is 256 Å². The molecule has 4 heterocycles. The Morgan fingerprint density at radius 3 is 2.57 bits per heavy atom. The van der Waals surface area contributed by atoms with Gasteiger partial charge in [-0.1, -0.05) is 24.3 Å². The summed E-state index contributed by atoms with van der Waals surface area (Å²) in [6, 6.07) is 24.8. The number of aromatic nitrogens is 4. The number of amides is 1. The number of rotatable bonds is 6. The number of benzene rings is 2. The lowest BCUT2D eigenvalue weighted by Crippen LogP contribution is -2.43. The monoisotopic (exact) mass is 585 g/mol. The van der Waals surface area contributed by atoms with Gasteiger partial charge in [0, 0.05) is 41.8 Å². The highest BCUT2D eigenvalue weighted by atomic mass is 16.1.